The van der Waals surface area contributed by atoms with Crippen molar-refractivity contribution in [3.63, 3.8) is 0 Å². The van der Waals surface area contributed by atoms with E-state index < -0.39 is 0 Å². The third-order valence-electron chi connectivity index (χ3n) is 5.01. The third kappa shape index (κ3) is 4.28. The smallest absolute Gasteiger partial charge is 0.271 e. The Kier molecular flexibility index (Phi) is 5.23. The molecule has 1 aromatic carbocycles. The lowest BCUT2D eigenvalue weighted by Gasteiger charge is -2.25. The number of piperidine rings is 1. The van der Waals surface area contributed by atoms with Gasteiger partial charge in [0, 0.05) is 24.7 Å². The fourth-order valence-corrected chi connectivity index (χ4v) is 3.22. The molecule has 134 valence electrons. The lowest BCUT2D eigenvalue weighted by molar-refractivity contribution is 0.0939. The second-order valence-corrected chi connectivity index (χ2v) is 7.61. The number of carbonyl (C=O) groups is 1. The molecule has 1 unspecified atom stereocenters. The number of hydrogen-bond donors (Lipinski definition) is 2. The highest BCUT2D eigenvalue weighted by Crippen LogP contribution is 2.22. The van der Waals surface area contributed by atoms with Crippen LogP contribution >= 0.6 is 0 Å². The summed E-state index contributed by atoms with van der Waals surface area (Å²) in [4.78, 5) is 12.5. The molecular weight excluding hydrogens is 312 g/mol. The highest BCUT2D eigenvalue weighted by atomic mass is 16.1. The number of carbonyl (C=O) groups excluding carboxylic acids is 1. The molecular formula is C20H28N4O. The van der Waals surface area contributed by atoms with E-state index in [0.29, 0.717) is 18.3 Å². The Labute approximate surface area is 149 Å². The molecule has 25 heavy (non-hydrogen) atoms. The van der Waals surface area contributed by atoms with Gasteiger partial charge in [-0.1, -0.05) is 43.7 Å². The van der Waals surface area contributed by atoms with Crippen LogP contribution in [-0.4, -0.2) is 35.3 Å². The first-order valence-electron chi connectivity index (χ1n) is 9.07. The van der Waals surface area contributed by atoms with Gasteiger partial charge in [0.05, 0.1) is 6.04 Å². The molecule has 1 fully saturated rings. The first-order chi connectivity index (χ1) is 12.0. The molecule has 1 aliphatic rings. The maximum atomic E-state index is 12.5. The predicted octanol–water partition coefficient (Wildman–Crippen LogP) is 2.82. The van der Waals surface area contributed by atoms with Crippen LogP contribution in [0.2, 0.25) is 0 Å². The molecule has 3 rings (SSSR count). The molecule has 2 aromatic rings. The second-order valence-electron chi connectivity index (χ2n) is 7.61. The summed E-state index contributed by atoms with van der Waals surface area (Å²) in [5, 5.41) is 10.9. The van der Waals surface area contributed by atoms with Crippen LogP contribution in [0.5, 0.6) is 0 Å². The topological polar surface area (TPSA) is 59.0 Å². The monoisotopic (exact) mass is 340 g/mol. The van der Waals surface area contributed by atoms with Crippen molar-refractivity contribution in [2.75, 3.05) is 19.6 Å². The fourth-order valence-electron chi connectivity index (χ4n) is 3.22. The van der Waals surface area contributed by atoms with Gasteiger partial charge in [0.2, 0.25) is 0 Å². The molecule has 1 amide bonds. The van der Waals surface area contributed by atoms with Crippen molar-refractivity contribution in [3.8, 4) is 0 Å². The summed E-state index contributed by atoms with van der Waals surface area (Å²) in [5.74, 6) is -0.109. The van der Waals surface area contributed by atoms with Crippen LogP contribution < -0.4 is 10.6 Å². The number of hydrogen-bond acceptors (Lipinski definition) is 3. The van der Waals surface area contributed by atoms with Crippen molar-refractivity contribution in [2.45, 2.75) is 45.1 Å². The molecule has 2 N–H and O–H groups in total. The fraction of sp³-hybridized carbons (Fsp3) is 0.500. The summed E-state index contributed by atoms with van der Waals surface area (Å²) in [7, 11) is 0. The summed E-state index contributed by atoms with van der Waals surface area (Å²) in [5.41, 5.74) is 2.83. The third-order valence-corrected chi connectivity index (χ3v) is 5.01. The maximum Gasteiger partial charge on any atom is 0.271 e. The van der Waals surface area contributed by atoms with Gasteiger partial charge in [0.25, 0.3) is 5.91 Å². The number of rotatable bonds is 5. The lowest BCUT2D eigenvalue weighted by atomic mass is 9.84. The van der Waals surface area contributed by atoms with Gasteiger partial charge in [-0.25, -0.2) is 0 Å². The molecule has 1 aliphatic heterocycles. The van der Waals surface area contributed by atoms with E-state index in [9.17, 15) is 4.79 Å². The van der Waals surface area contributed by atoms with E-state index in [1.165, 1.54) is 11.1 Å². The molecule has 0 saturated carbocycles. The Morgan fingerprint density at radius 2 is 2.08 bits per heavy atom. The minimum absolute atomic E-state index is 0.109. The Morgan fingerprint density at radius 1 is 1.32 bits per heavy atom. The van der Waals surface area contributed by atoms with E-state index in [4.69, 9.17) is 0 Å². The SMILES string of the molecule is Cc1ccc(C(C)(C)CNC(=O)c2ccn(C3CCCNC3)n2)cc1. The zero-order chi connectivity index (χ0) is 17.9. The van der Waals surface area contributed by atoms with Crippen molar-refractivity contribution >= 4 is 5.91 Å². The molecule has 2 heterocycles. The van der Waals surface area contributed by atoms with Gasteiger partial charge in [-0.05, 0) is 37.9 Å². The van der Waals surface area contributed by atoms with Crippen LogP contribution in [0.1, 0.15) is 54.3 Å². The van der Waals surface area contributed by atoms with Crippen molar-refractivity contribution in [2.24, 2.45) is 0 Å². The van der Waals surface area contributed by atoms with Gasteiger partial charge in [-0.3, -0.25) is 9.48 Å². The number of nitrogens with one attached hydrogen (secondary N) is 2. The van der Waals surface area contributed by atoms with Crippen LogP contribution in [0.3, 0.4) is 0 Å². The van der Waals surface area contributed by atoms with Crippen molar-refractivity contribution in [1.29, 1.82) is 0 Å². The molecule has 1 aromatic heterocycles. The van der Waals surface area contributed by atoms with Gasteiger partial charge >= 0.3 is 0 Å². The number of amides is 1. The van der Waals surface area contributed by atoms with Crippen LogP contribution in [-0.2, 0) is 5.41 Å². The molecule has 0 radical (unpaired) electrons. The summed E-state index contributed by atoms with van der Waals surface area (Å²) < 4.78 is 1.92. The van der Waals surface area contributed by atoms with Gasteiger partial charge in [0.15, 0.2) is 0 Å². The molecule has 1 atom stereocenters. The van der Waals surface area contributed by atoms with Gasteiger partial charge in [-0.2, -0.15) is 5.10 Å². The van der Waals surface area contributed by atoms with Gasteiger partial charge in [-0.15, -0.1) is 0 Å². The minimum atomic E-state index is -0.126. The van der Waals surface area contributed by atoms with Crippen LogP contribution in [0, 0.1) is 6.92 Å². The van der Waals surface area contributed by atoms with E-state index in [1.54, 1.807) is 0 Å². The van der Waals surface area contributed by atoms with E-state index in [0.717, 1.165) is 25.9 Å². The zero-order valence-electron chi connectivity index (χ0n) is 15.4. The molecule has 0 bridgehead atoms. The maximum absolute atomic E-state index is 12.5. The highest BCUT2D eigenvalue weighted by molar-refractivity contribution is 5.92. The summed E-state index contributed by atoms with van der Waals surface area (Å²) >= 11 is 0. The first-order valence-corrected chi connectivity index (χ1v) is 9.07. The van der Waals surface area contributed by atoms with Gasteiger partial charge < -0.3 is 10.6 Å². The molecule has 5 heteroatoms. The zero-order valence-corrected chi connectivity index (χ0v) is 15.4. The van der Waals surface area contributed by atoms with Crippen molar-refractivity contribution < 1.29 is 4.79 Å². The quantitative estimate of drug-likeness (QED) is 0.880. The van der Waals surface area contributed by atoms with Crippen LogP contribution in [0.25, 0.3) is 0 Å². The second kappa shape index (κ2) is 7.40. The standard InChI is InChI=1S/C20H28N4O/c1-15-6-8-16(9-7-15)20(2,3)14-22-19(25)18-10-12-24(23-18)17-5-4-11-21-13-17/h6-10,12,17,21H,4-5,11,13-14H2,1-3H3,(H,22,25). The summed E-state index contributed by atoms with van der Waals surface area (Å²) in [6.45, 7) is 8.93. The molecule has 1 saturated heterocycles. The Bertz CT molecular complexity index is 712. The molecule has 0 spiro atoms. The van der Waals surface area contributed by atoms with Crippen LogP contribution in [0.15, 0.2) is 36.5 Å². The van der Waals surface area contributed by atoms with Crippen LogP contribution in [0.4, 0.5) is 0 Å². The predicted molar refractivity (Wildman–Crippen MR) is 99.9 cm³/mol. The van der Waals surface area contributed by atoms with Gasteiger partial charge in [0.1, 0.15) is 5.69 Å². The van der Waals surface area contributed by atoms with E-state index >= 15 is 0 Å². The number of aromatic nitrogens is 2. The van der Waals surface area contributed by atoms with E-state index in [-0.39, 0.29) is 11.3 Å². The first kappa shape index (κ1) is 17.7. The van der Waals surface area contributed by atoms with Crippen molar-refractivity contribution in [1.82, 2.24) is 20.4 Å². The van der Waals surface area contributed by atoms with E-state index in [2.05, 4.69) is 60.8 Å². The normalized spacial score (nSPS) is 18.1. The number of aryl methyl sites for hydroxylation is 1. The molecule has 5 nitrogen and oxygen atoms in total. The molecule has 0 aliphatic carbocycles. The lowest BCUT2D eigenvalue weighted by Crippen LogP contribution is -2.37. The Hall–Kier alpha value is -2.14. The van der Waals surface area contributed by atoms with E-state index in [1.807, 2.05) is 16.9 Å². The Balaban J connectivity index is 1.60. The minimum Gasteiger partial charge on any atom is -0.350 e. The number of benzene rings is 1. The summed E-state index contributed by atoms with van der Waals surface area (Å²) in [6.07, 6.45) is 4.17. The largest absolute Gasteiger partial charge is 0.350 e. The number of nitrogens with zero attached hydrogens (tertiary/aromatic N) is 2. The highest BCUT2D eigenvalue weighted by Gasteiger charge is 2.23. The summed E-state index contributed by atoms with van der Waals surface area (Å²) in [6, 6.07) is 10.6. The average Bonchev–Trinajstić information content (AvgIpc) is 3.11. The Morgan fingerprint density at radius 3 is 2.76 bits per heavy atom. The van der Waals surface area contributed by atoms with Crippen molar-refractivity contribution in [3.05, 3.63) is 53.3 Å². The average molecular weight is 340 g/mol.